The lowest BCUT2D eigenvalue weighted by molar-refractivity contribution is -0.0553. The summed E-state index contributed by atoms with van der Waals surface area (Å²) in [6, 6.07) is 0.564. The fourth-order valence-corrected chi connectivity index (χ4v) is 2.56. The molecule has 0 fully saturated rings. The van der Waals surface area contributed by atoms with Gasteiger partial charge in [0.25, 0.3) is 0 Å². The Kier molecular flexibility index (Phi) is 6.62. The highest BCUT2D eigenvalue weighted by Gasteiger charge is 2.34. The van der Waals surface area contributed by atoms with Crippen LogP contribution < -0.4 is 5.32 Å². The number of rotatable bonds is 9. The van der Waals surface area contributed by atoms with E-state index in [1.807, 2.05) is 11.6 Å². The van der Waals surface area contributed by atoms with Crippen molar-refractivity contribution >= 4 is 0 Å². The van der Waals surface area contributed by atoms with E-state index >= 15 is 0 Å². The highest BCUT2D eigenvalue weighted by atomic mass is 16.5. The second-order valence-corrected chi connectivity index (χ2v) is 5.63. The molecule has 1 aromatic heterocycles. The Morgan fingerprint density at radius 2 is 2.05 bits per heavy atom. The summed E-state index contributed by atoms with van der Waals surface area (Å²) >= 11 is 0. The summed E-state index contributed by atoms with van der Waals surface area (Å²) < 4.78 is 8.01. The van der Waals surface area contributed by atoms with Gasteiger partial charge in [-0.15, -0.1) is 0 Å². The van der Waals surface area contributed by atoms with Gasteiger partial charge in [0.05, 0.1) is 5.60 Å². The second kappa shape index (κ2) is 7.74. The topological polar surface area (TPSA) is 52.0 Å². The lowest BCUT2D eigenvalue weighted by atomic mass is 9.90. The molecule has 2 atom stereocenters. The molecule has 2 unspecified atom stereocenters. The van der Waals surface area contributed by atoms with Crippen molar-refractivity contribution in [2.24, 2.45) is 0 Å². The largest absolute Gasteiger partial charge is 0.374 e. The fraction of sp³-hybridized carbons (Fsp3) is 0.867. The van der Waals surface area contributed by atoms with Crippen LogP contribution in [-0.4, -0.2) is 39.6 Å². The lowest BCUT2D eigenvalue weighted by Gasteiger charge is -2.37. The van der Waals surface area contributed by atoms with Crippen molar-refractivity contribution < 1.29 is 4.74 Å². The van der Waals surface area contributed by atoms with E-state index in [0.717, 1.165) is 31.8 Å². The number of aromatic nitrogens is 3. The van der Waals surface area contributed by atoms with Crippen molar-refractivity contribution in [3.63, 3.8) is 0 Å². The smallest absolute Gasteiger partial charge is 0.138 e. The van der Waals surface area contributed by atoms with Gasteiger partial charge in [0.2, 0.25) is 0 Å². The van der Waals surface area contributed by atoms with E-state index in [-0.39, 0.29) is 11.6 Å². The van der Waals surface area contributed by atoms with E-state index < -0.39 is 0 Å². The SMILES string of the molecule is CCNC(Cc1ncnn1C(C)C)C(C)(CC)OCC. The summed E-state index contributed by atoms with van der Waals surface area (Å²) in [7, 11) is 0. The van der Waals surface area contributed by atoms with Crippen LogP contribution in [0.2, 0.25) is 0 Å². The number of nitrogens with one attached hydrogen (secondary N) is 1. The van der Waals surface area contributed by atoms with Gasteiger partial charge in [0.1, 0.15) is 12.2 Å². The summed E-state index contributed by atoms with van der Waals surface area (Å²) in [4.78, 5) is 4.42. The molecule has 116 valence electrons. The van der Waals surface area contributed by atoms with Gasteiger partial charge in [0.15, 0.2) is 0 Å². The van der Waals surface area contributed by atoms with E-state index in [1.165, 1.54) is 0 Å². The number of hydrogen-bond donors (Lipinski definition) is 1. The molecule has 5 heteroatoms. The molecule has 0 spiro atoms. The highest BCUT2D eigenvalue weighted by molar-refractivity contribution is 4.98. The van der Waals surface area contributed by atoms with Crippen LogP contribution in [0.25, 0.3) is 0 Å². The molecule has 1 aromatic rings. The maximum Gasteiger partial charge on any atom is 0.138 e. The predicted molar refractivity (Wildman–Crippen MR) is 81.9 cm³/mol. The molecular formula is C15H30N4O. The van der Waals surface area contributed by atoms with Gasteiger partial charge in [-0.2, -0.15) is 5.10 Å². The molecule has 0 saturated carbocycles. The molecule has 1 heterocycles. The number of nitrogens with zero attached hydrogens (tertiary/aromatic N) is 3. The van der Waals surface area contributed by atoms with Gasteiger partial charge >= 0.3 is 0 Å². The molecule has 0 aliphatic carbocycles. The van der Waals surface area contributed by atoms with E-state index in [1.54, 1.807) is 6.33 Å². The van der Waals surface area contributed by atoms with Gasteiger partial charge in [-0.1, -0.05) is 13.8 Å². The zero-order valence-corrected chi connectivity index (χ0v) is 13.8. The molecule has 0 bridgehead atoms. The van der Waals surface area contributed by atoms with Gasteiger partial charge in [-0.25, -0.2) is 9.67 Å². The van der Waals surface area contributed by atoms with E-state index in [0.29, 0.717) is 6.04 Å². The molecule has 0 aliphatic rings. The molecule has 5 nitrogen and oxygen atoms in total. The van der Waals surface area contributed by atoms with Crippen molar-refractivity contribution in [2.45, 2.75) is 72.1 Å². The molecule has 0 radical (unpaired) electrons. The van der Waals surface area contributed by atoms with Crippen LogP contribution in [0.5, 0.6) is 0 Å². The zero-order valence-electron chi connectivity index (χ0n) is 13.8. The Balaban J connectivity index is 2.93. The van der Waals surface area contributed by atoms with Crippen molar-refractivity contribution in [3.8, 4) is 0 Å². The van der Waals surface area contributed by atoms with E-state index in [9.17, 15) is 0 Å². The van der Waals surface area contributed by atoms with Crippen molar-refractivity contribution in [1.29, 1.82) is 0 Å². The van der Waals surface area contributed by atoms with Crippen LogP contribution in [0, 0.1) is 0 Å². The van der Waals surface area contributed by atoms with E-state index in [2.05, 4.69) is 50.0 Å². The lowest BCUT2D eigenvalue weighted by Crippen LogP contribution is -2.52. The first-order valence-corrected chi connectivity index (χ1v) is 7.74. The number of ether oxygens (including phenoxy) is 1. The highest BCUT2D eigenvalue weighted by Crippen LogP contribution is 2.23. The maximum absolute atomic E-state index is 6.02. The normalized spacial score (nSPS) is 16.4. The standard InChI is InChI=1S/C15H30N4O/c1-7-15(6,20-9-3)13(16-8-2)10-14-17-11-18-19(14)12(4)5/h11-13,16H,7-10H2,1-6H3. The van der Waals surface area contributed by atoms with E-state index in [4.69, 9.17) is 4.74 Å². The first kappa shape index (κ1) is 17.1. The van der Waals surface area contributed by atoms with Crippen LogP contribution in [0.4, 0.5) is 0 Å². The van der Waals surface area contributed by atoms with Gasteiger partial charge < -0.3 is 10.1 Å². The van der Waals surface area contributed by atoms with Crippen LogP contribution >= 0.6 is 0 Å². The van der Waals surface area contributed by atoms with Crippen molar-refractivity contribution in [3.05, 3.63) is 12.2 Å². The van der Waals surface area contributed by atoms with Gasteiger partial charge in [0, 0.05) is 25.1 Å². The molecule has 1 rings (SSSR count). The van der Waals surface area contributed by atoms with Gasteiger partial charge in [-0.05, 0) is 40.7 Å². The van der Waals surface area contributed by atoms with Crippen molar-refractivity contribution in [1.82, 2.24) is 20.1 Å². The molecule has 0 aromatic carbocycles. The summed E-state index contributed by atoms with van der Waals surface area (Å²) in [6.07, 6.45) is 3.44. The third kappa shape index (κ3) is 4.03. The molecule has 1 N–H and O–H groups in total. The monoisotopic (exact) mass is 282 g/mol. The predicted octanol–water partition coefficient (Wildman–Crippen LogP) is 2.58. The third-order valence-corrected chi connectivity index (χ3v) is 3.89. The summed E-state index contributed by atoms with van der Waals surface area (Å²) in [5.74, 6) is 1.02. The number of hydrogen-bond acceptors (Lipinski definition) is 4. The fourth-order valence-electron chi connectivity index (χ4n) is 2.56. The first-order valence-electron chi connectivity index (χ1n) is 7.74. The third-order valence-electron chi connectivity index (χ3n) is 3.89. The molecule has 0 saturated heterocycles. The minimum absolute atomic E-state index is 0.182. The minimum Gasteiger partial charge on any atom is -0.374 e. The molecular weight excluding hydrogens is 252 g/mol. The Hall–Kier alpha value is -0.940. The molecule has 0 amide bonds. The van der Waals surface area contributed by atoms with Crippen LogP contribution in [0.1, 0.15) is 59.8 Å². The average Bonchev–Trinajstić information content (AvgIpc) is 2.87. The summed E-state index contributed by atoms with van der Waals surface area (Å²) in [5, 5.41) is 7.88. The zero-order chi connectivity index (χ0) is 15.2. The number of likely N-dealkylation sites (N-methyl/N-ethyl adjacent to an activating group) is 1. The average molecular weight is 282 g/mol. The van der Waals surface area contributed by atoms with Crippen LogP contribution in [-0.2, 0) is 11.2 Å². The molecule has 0 aliphatic heterocycles. The maximum atomic E-state index is 6.02. The quantitative estimate of drug-likeness (QED) is 0.756. The molecule has 20 heavy (non-hydrogen) atoms. The summed E-state index contributed by atoms with van der Waals surface area (Å²) in [6.45, 7) is 14.4. The Morgan fingerprint density at radius 1 is 1.35 bits per heavy atom. The first-order chi connectivity index (χ1) is 9.48. The minimum atomic E-state index is -0.182. The van der Waals surface area contributed by atoms with Crippen LogP contribution in [0.15, 0.2) is 6.33 Å². The Bertz CT molecular complexity index is 391. The van der Waals surface area contributed by atoms with Crippen LogP contribution in [0.3, 0.4) is 0 Å². The summed E-state index contributed by atoms with van der Waals surface area (Å²) in [5.41, 5.74) is -0.182. The van der Waals surface area contributed by atoms with Gasteiger partial charge in [-0.3, -0.25) is 0 Å². The Morgan fingerprint density at radius 3 is 2.55 bits per heavy atom. The van der Waals surface area contributed by atoms with Crippen molar-refractivity contribution in [2.75, 3.05) is 13.2 Å². The Labute approximate surface area is 123 Å². The second-order valence-electron chi connectivity index (χ2n) is 5.63.